The predicted molar refractivity (Wildman–Crippen MR) is 150 cm³/mol. The maximum atomic E-state index is 14.0. The number of rotatable bonds is 9. The second kappa shape index (κ2) is 11.4. The average molecular weight is 547 g/mol. The van der Waals surface area contributed by atoms with E-state index in [9.17, 15) is 14.7 Å². The minimum atomic E-state index is -0.839. The number of fused-ring (bicyclic) bond motifs is 1. The molecule has 208 valence electrons. The molecule has 9 heteroatoms. The molecule has 0 heterocycles. The number of carbonyl (C=O) groups excluding carboxylic acids is 2. The van der Waals surface area contributed by atoms with Crippen molar-refractivity contribution in [2.75, 3.05) is 42.7 Å². The van der Waals surface area contributed by atoms with Gasteiger partial charge in [0, 0.05) is 21.9 Å². The number of ketones is 1. The van der Waals surface area contributed by atoms with Gasteiger partial charge in [-0.05, 0) is 30.7 Å². The summed E-state index contributed by atoms with van der Waals surface area (Å²) in [7, 11) is 8.50. The van der Waals surface area contributed by atoms with Crippen LogP contribution in [0.25, 0.3) is 21.9 Å². The minimum absolute atomic E-state index is 0.157. The number of aromatic hydroxyl groups is 1. The number of aryl methyl sites for hydroxylation is 1. The van der Waals surface area contributed by atoms with Crippen LogP contribution in [0.2, 0.25) is 0 Å². The molecule has 40 heavy (non-hydrogen) atoms. The first kappa shape index (κ1) is 28.1. The molecule has 0 atom stereocenters. The molecule has 0 amide bonds. The van der Waals surface area contributed by atoms with E-state index < -0.39 is 17.5 Å². The van der Waals surface area contributed by atoms with Crippen molar-refractivity contribution in [1.82, 2.24) is 0 Å². The summed E-state index contributed by atoms with van der Waals surface area (Å²) in [5.74, 6) is -0.364. The maximum Gasteiger partial charge on any atom is 0.339 e. The minimum Gasteiger partial charge on any atom is -0.506 e. The standard InChI is InChI=1S/C31H30O9/c1-16-8-10-17(11-9-16)27(32)26-25(31(34)40-7)23(18-12-13-20(35-2)21(14-18)36-3)24-19(28(26)33)15-22(37-4)29(38-5)30(24)39-6/h8-15,33H,1-7H3. The number of ether oxygens (including phenoxy) is 6. The van der Waals surface area contributed by atoms with E-state index >= 15 is 0 Å². The zero-order valence-corrected chi connectivity index (χ0v) is 23.3. The highest BCUT2D eigenvalue weighted by Gasteiger charge is 2.33. The molecule has 0 saturated heterocycles. The Hall–Kier alpha value is -4.92. The van der Waals surface area contributed by atoms with Crippen molar-refractivity contribution in [3.8, 4) is 45.6 Å². The van der Waals surface area contributed by atoms with Crippen LogP contribution >= 0.6 is 0 Å². The van der Waals surface area contributed by atoms with Gasteiger partial charge in [0.05, 0.1) is 53.8 Å². The fourth-order valence-electron chi connectivity index (χ4n) is 4.75. The first-order chi connectivity index (χ1) is 19.3. The highest BCUT2D eigenvalue weighted by molar-refractivity contribution is 6.24. The number of benzene rings is 4. The monoisotopic (exact) mass is 546 g/mol. The Kier molecular flexibility index (Phi) is 8.04. The van der Waals surface area contributed by atoms with Gasteiger partial charge in [0.2, 0.25) is 5.75 Å². The fraction of sp³-hybridized carbons (Fsp3) is 0.226. The highest BCUT2D eigenvalue weighted by Crippen LogP contribution is 2.52. The number of hydrogen-bond donors (Lipinski definition) is 1. The van der Waals surface area contributed by atoms with Crippen molar-refractivity contribution in [2.45, 2.75) is 6.92 Å². The molecule has 9 nitrogen and oxygen atoms in total. The lowest BCUT2D eigenvalue weighted by atomic mass is 9.85. The van der Waals surface area contributed by atoms with E-state index in [1.807, 2.05) is 6.92 Å². The van der Waals surface area contributed by atoms with Crippen LogP contribution in [0.4, 0.5) is 0 Å². The lowest BCUT2D eigenvalue weighted by Crippen LogP contribution is -2.15. The van der Waals surface area contributed by atoms with Crippen LogP contribution in [0.3, 0.4) is 0 Å². The third-order valence-electron chi connectivity index (χ3n) is 6.67. The Morgan fingerprint density at radius 3 is 1.85 bits per heavy atom. The molecule has 1 N–H and O–H groups in total. The lowest BCUT2D eigenvalue weighted by molar-refractivity contribution is 0.0598. The van der Waals surface area contributed by atoms with E-state index in [0.29, 0.717) is 22.4 Å². The molecule has 0 aromatic heterocycles. The van der Waals surface area contributed by atoms with Gasteiger partial charge in [-0.3, -0.25) is 4.79 Å². The Bertz CT molecular complexity index is 1600. The summed E-state index contributed by atoms with van der Waals surface area (Å²) in [6, 6.07) is 13.4. The van der Waals surface area contributed by atoms with E-state index in [4.69, 9.17) is 28.4 Å². The van der Waals surface area contributed by atoms with Gasteiger partial charge in [0.1, 0.15) is 5.75 Å². The number of esters is 1. The highest BCUT2D eigenvalue weighted by atomic mass is 16.5. The molecule has 0 unspecified atom stereocenters. The van der Waals surface area contributed by atoms with Crippen LogP contribution in [-0.2, 0) is 4.74 Å². The summed E-state index contributed by atoms with van der Waals surface area (Å²) in [6.07, 6.45) is 0. The van der Waals surface area contributed by atoms with Crippen molar-refractivity contribution >= 4 is 22.5 Å². The molecular weight excluding hydrogens is 516 g/mol. The van der Waals surface area contributed by atoms with Crippen molar-refractivity contribution in [3.63, 3.8) is 0 Å². The second-order valence-corrected chi connectivity index (χ2v) is 8.80. The molecule has 0 saturated carbocycles. The normalized spacial score (nSPS) is 10.7. The lowest BCUT2D eigenvalue weighted by Gasteiger charge is -2.22. The molecule has 0 aliphatic heterocycles. The number of hydrogen-bond acceptors (Lipinski definition) is 9. The maximum absolute atomic E-state index is 14.0. The van der Waals surface area contributed by atoms with Crippen molar-refractivity contribution < 1.29 is 43.1 Å². The number of carbonyl (C=O) groups is 2. The number of methoxy groups -OCH3 is 6. The number of phenols is 1. The van der Waals surface area contributed by atoms with Crippen LogP contribution in [0.15, 0.2) is 48.5 Å². The van der Waals surface area contributed by atoms with Gasteiger partial charge in [0.15, 0.2) is 28.8 Å². The Balaban J connectivity index is 2.30. The molecule has 0 radical (unpaired) electrons. The fourth-order valence-corrected chi connectivity index (χ4v) is 4.75. The molecule has 4 aromatic rings. The summed E-state index contributed by atoms with van der Waals surface area (Å²) in [5, 5.41) is 12.2. The van der Waals surface area contributed by atoms with Crippen molar-refractivity contribution in [1.29, 1.82) is 0 Å². The van der Waals surface area contributed by atoms with Gasteiger partial charge in [-0.1, -0.05) is 35.9 Å². The molecule has 0 bridgehead atoms. The molecule has 0 spiro atoms. The quantitative estimate of drug-likeness (QED) is 0.212. The Morgan fingerprint density at radius 1 is 0.675 bits per heavy atom. The smallest absolute Gasteiger partial charge is 0.339 e. The van der Waals surface area contributed by atoms with Crippen LogP contribution in [-0.4, -0.2) is 59.5 Å². The Labute approximate surface area is 231 Å². The molecule has 4 aromatic carbocycles. The largest absolute Gasteiger partial charge is 0.506 e. The summed E-state index contributed by atoms with van der Waals surface area (Å²) in [6.45, 7) is 1.89. The van der Waals surface area contributed by atoms with Crippen LogP contribution in [0.5, 0.6) is 34.5 Å². The third-order valence-corrected chi connectivity index (χ3v) is 6.67. The van der Waals surface area contributed by atoms with Gasteiger partial charge in [-0.25, -0.2) is 4.79 Å². The van der Waals surface area contributed by atoms with E-state index in [0.717, 1.165) is 5.56 Å². The van der Waals surface area contributed by atoms with Crippen LogP contribution < -0.4 is 23.7 Å². The SMILES string of the molecule is COC(=O)c1c(C(=O)c2ccc(C)cc2)c(O)c2cc(OC)c(OC)c(OC)c2c1-c1ccc(OC)c(OC)c1. The topological polar surface area (TPSA) is 110 Å². The summed E-state index contributed by atoms with van der Waals surface area (Å²) >= 11 is 0. The van der Waals surface area contributed by atoms with Gasteiger partial charge < -0.3 is 33.5 Å². The van der Waals surface area contributed by atoms with E-state index in [2.05, 4.69) is 0 Å². The van der Waals surface area contributed by atoms with Crippen LogP contribution in [0, 0.1) is 6.92 Å². The van der Waals surface area contributed by atoms with Gasteiger partial charge >= 0.3 is 5.97 Å². The van der Waals surface area contributed by atoms with Crippen molar-refractivity contribution in [3.05, 3.63) is 70.8 Å². The van der Waals surface area contributed by atoms with Crippen molar-refractivity contribution in [2.24, 2.45) is 0 Å². The summed E-state index contributed by atoms with van der Waals surface area (Å²) < 4.78 is 33.0. The van der Waals surface area contributed by atoms with E-state index in [-0.39, 0.29) is 44.9 Å². The Morgan fingerprint density at radius 2 is 1.30 bits per heavy atom. The second-order valence-electron chi connectivity index (χ2n) is 8.80. The van der Waals surface area contributed by atoms with Gasteiger partial charge in [-0.2, -0.15) is 0 Å². The average Bonchev–Trinajstić information content (AvgIpc) is 2.99. The first-order valence-corrected chi connectivity index (χ1v) is 12.2. The molecule has 4 rings (SSSR count). The molecule has 0 aliphatic carbocycles. The number of phenolic OH excluding ortho intramolecular Hbond substituents is 1. The molecule has 0 aliphatic rings. The zero-order chi connectivity index (χ0) is 29.1. The molecule has 0 fully saturated rings. The van der Waals surface area contributed by atoms with Gasteiger partial charge in [0.25, 0.3) is 0 Å². The van der Waals surface area contributed by atoms with Crippen LogP contribution in [0.1, 0.15) is 31.8 Å². The zero-order valence-electron chi connectivity index (χ0n) is 23.3. The first-order valence-electron chi connectivity index (χ1n) is 12.2. The molecular formula is C31H30O9. The van der Waals surface area contributed by atoms with E-state index in [1.165, 1.54) is 48.7 Å². The van der Waals surface area contributed by atoms with E-state index in [1.54, 1.807) is 42.5 Å². The summed E-state index contributed by atoms with van der Waals surface area (Å²) in [4.78, 5) is 27.5. The summed E-state index contributed by atoms with van der Waals surface area (Å²) in [5.41, 5.74) is 1.55. The van der Waals surface area contributed by atoms with Gasteiger partial charge in [-0.15, -0.1) is 0 Å². The third kappa shape index (κ3) is 4.59. The predicted octanol–water partition coefficient (Wildman–Crippen LogP) is 5.58.